The van der Waals surface area contributed by atoms with Crippen molar-refractivity contribution in [1.29, 1.82) is 0 Å². The van der Waals surface area contributed by atoms with Crippen LogP contribution in [0.5, 0.6) is 0 Å². The molecule has 0 amide bonds. The van der Waals surface area contributed by atoms with Crippen LogP contribution in [0, 0.1) is 0 Å². The standard InChI is InChI=1S/C6H10ClNO2/c7-6(9)10-5-1-3-8-4-2-5/h5,8H,1-4H2. The highest BCUT2D eigenvalue weighted by Gasteiger charge is 2.15. The second kappa shape index (κ2) is 3.78. The van der Waals surface area contributed by atoms with Crippen molar-refractivity contribution in [3.8, 4) is 0 Å². The summed E-state index contributed by atoms with van der Waals surface area (Å²) < 4.78 is 4.78. The molecule has 1 aliphatic rings. The minimum Gasteiger partial charge on any atom is -0.450 e. The second-order valence-electron chi connectivity index (χ2n) is 2.30. The summed E-state index contributed by atoms with van der Waals surface area (Å²) in [6.45, 7) is 1.82. The van der Waals surface area contributed by atoms with Gasteiger partial charge in [-0.3, -0.25) is 0 Å². The molecule has 0 aromatic carbocycles. The fourth-order valence-electron chi connectivity index (χ4n) is 1.04. The van der Waals surface area contributed by atoms with E-state index in [-0.39, 0.29) is 6.10 Å². The third-order valence-corrected chi connectivity index (χ3v) is 1.63. The third kappa shape index (κ3) is 2.54. The molecule has 1 rings (SSSR count). The zero-order valence-corrected chi connectivity index (χ0v) is 6.36. The molecule has 10 heavy (non-hydrogen) atoms. The smallest absolute Gasteiger partial charge is 0.404 e. The maximum absolute atomic E-state index is 10.2. The van der Waals surface area contributed by atoms with E-state index in [0.29, 0.717) is 0 Å². The van der Waals surface area contributed by atoms with Gasteiger partial charge in [0.25, 0.3) is 0 Å². The summed E-state index contributed by atoms with van der Waals surface area (Å²) in [5.74, 6) is 0. The van der Waals surface area contributed by atoms with Gasteiger partial charge in [0.05, 0.1) is 0 Å². The van der Waals surface area contributed by atoms with Gasteiger partial charge < -0.3 is 10.1 Å². The molecule has 0 radical (unpaired) electrons. The third-order valence-electron chi connectivity index (χ3n) is 1.55. The van der Waals surface area contributed by atoms with Crippen LogP contribution in [-0.4, -0.2) is 24.6 Å². The van der Waals surface area contributed by atoms with Crippen molar-refractivity contribution in [1.82, 2.24) is 5.32 Å². The number of rotatable bonds is 1. The van der Waals surface area contributed by atoms with Gasteiger partial charge in [-0.1, -0.05) is 0 Å². The maximum Gasteiger partial charge on any atom is 0.404 e. The Morgan fingerprint density at radius 2 is 2.10 bits per heavy atom. The van der Waals surface area contributed by atoms with Gasteiger partial charge in [0.15, 0.2) is 0 Å². The zero-order chi connectivity index (χ0) is 7.40. The monoisotopic (exact) mass is 163 g/mol. The Morgan fingerprint density at radius 1 is 1.50 bits per heavy atom. The average molecular weight is 164 g/mol. The molecule has 1 heterocycles. The number of carbonyl (C=O) groups is 1. The Balaban J connectivity index is 2.19. The Morgan fingerprint density at radius 3 is 2.60 bits per heavy atom. The first-order chi connectivity index (χ1) is 4.79. The SMILES string of the molecule is O=C(Cl)OC1CCNCC1. The molecule has 1 saturated heterocycles. The lowest BCUT2D eigenvalue weighted by Gasteiger charge is -2.21. The van der Waals surface area contributed by atoms with E-state index in [2.05, 4.69) is 5.32 Å². The number of piperidine rings is 1. The fraction of sp³-hybridized carbons (Fsp3) is 0.833. The quantitative estimate of drug-likeness (QED) is 0.589. The lowest BCUT2D eigenvalue weighted by atomic mass is 10.1. The summed E-state index contributed by atoms with van der Waals surface area (Å²) in [4.78, 5) is 10.2. The van der Waals surface area contributed by atoms with Crippen molar-refractivity contribution in [2.45, 2.75) is 18.9 Å². The van der Waals surface area contributed by atoms with E-state index in [1.165, 1.54) is 0 Å². The first-order valence-electron chi connectivity index (χ1n) is 3.36. The maximum atomic E-state index is 10.2. The highest BCUT2D eigenvalue weighted by Crippen LogP contribution is 2.08. The Bertz CT molecular complexity index is 123. The van der Waals surface area contributed by atoms with Gasteiger partial charge in [-0.15, -0.1) is 0 Å². The molecule has 3 nitrogen and oxygen atoms in total. The molecular formula is C6H10ClNO2. The van der Waals surface area contributed by atoms with Crippen molar-refractivity contribution in [3.05, 3.63) is 0 Å². The minimum absolute atomic E-state index is 0.0336. The molecule has 0 unspecified atom stereocenters. The Labute approximate surface area is 64.7 Å². The molecule has 0 aromatic rings. The van der Waals surface area contributed by atoms with Crippen LogP contribution < -0.4 is 5.32 Å². The second-order valence-corrected chi connectivity index (χ2v) is 2.61. The van der Waals surface area contributed by atoms with E-state index in [1.54, 1.807) is 0 Å². The van der Waals surface area contributed by atoms with E-state index >= 15 is 0 Å². The molecule has 0 atom stereocenters. The molecule has 0 saturated carbocycles. The van der Waals surface area contributed by atoms with E-state index in [9.17, 15) is 4.79 Å². The van der Waals surface area contributed by atoms with Crippen molar-refractivity contribution in [2.75, 3.05) is 13.1 Å². The van der Waals surface area contributed by atoms with Gasteiger partial charge in [-0.2, -0.15) is 0 Å². The van der Waals surface area contributed by atoms with Crippen LogP contribution in [0.1, 0.15) is 12.8 Å². The number of nitrogens with one attached hydrogen (secondary N) is 1. The summed E-state index contributed by atoms with van der Waals surface area (Å²) >= 11 is 5.03. The highest BCUT2D eigenvalue weighted by atomic mass is 35.5. The van der Waals surface area contributed by atoms with Crippen LogP contribution in [0.3, 0.4) is 0 Å². The molecule has 0 bridgehead atoms. The summed E-state index contributed by atoms with van der Waals surface area (Å²) in [7, 11) is 0. The number of halogens is 1. The predicted molar refractivity (Wildman–Crippen MR) is 38.2 cm³/mol. The normalized spacial score (nSPS) is 20.5. The Kier molecular flexibility index (Phi) is 2.96. The summed E-state index contributed by atoms with van der Waals surface area (Å²) in [5, 5.41) is 3.15. The van der Waals surface area contributed by atoms with Crippen LogP contribution in [0.25, 0.3) is 0 Å². The molecular weight excluding hydrogens is 154 g/mol. The Hall–Kier alpha value is -0.280. The first-order valence-corrected chi connectivity index (χ1v) is 3.73. The molecule has 1 N–H and O–H groups in total. The van der Waals surface area contributed by atoms with E-state index in [4.69, 9.17) is 16.3 Å². The van der Waals surface area contributed by atoms with E-state index in [0.717, 1.165) is 25.9 Å². The van der Waals surface area contributed by atoms with Crippen molar-refractivity contribution < 1.29 is 9.53 Å². The van der Waals surface area contributed by atoms with Gasteiger partial charge >= 0.3 is 5.43 Å². The number of carbonyl (C=O) groups excluding carboxylic acids is 1. The molecule has 1 fully saturated rings. The number of ether oxygens (including phenoxy) is 1. The van der Waals surface area contributed by atoms with E-state index in [1.807, 2.05) is 0 Å². The van der Waals surface area contributed by atoms with Gasteiger partial charge in [-0.05, 0) is 25.9 Å². The minimum atomic E-state index is -0.688. The molecule has 0 aromatic heterocycles. The highest BCUT2D eigenvalue weighted by molar-refractivity contribution is 6.61. The van der Waals surface area contributed by atoms with Gasteiger partial charge in [-0.25, -0.2) is 4.79 Å². The van der Waals surface area contributed by atoms with Gasteiger partial charge in [0.1, 0.15) is 6.10 Å². The molecule has 0 aliphatic carbocycles. The largest absolute Gasteiger partial charge is 0.450 e. The van der Waals surface area contributed by atoms with Crippen LogP contribution >= 0.6 is 11.6 Å². The fourth-order valence-corrected chi connectivity index (χ4v) is 1.17. The molecule has 0 spiro atoms. The summed E-state index contributed by atoms with van der Waals surface area (Å²) in [6, 6.07) is 0. The average Bonchev–Trinajstić information content (AvgIpc) is 1.88. The molecule has 58 valence electrons. The first kappa shape index (κ1) is 7.82. The molecule has 1 aliphatic heterocycles. The zero-order valence-electron chi connectivity index (χ0n) is 5.60. The number of hydrogen-bond donors (Lipinski definition) is 1. The van der Waals surface area contributed by atoms with Crippen molar-refractivity contribution in [3.63, 3.8) is 0 Å². The van der Waals surface area contributed by atoms with Crippen LogP contribution in [0.2, 0.25) is 0 Å². The summed E-state index contributed by atoms with van der Waals surface area (Å²) in [6.07, 6.45) is 1.78. The van der Waals surface area contributed by atoms with Crippen molar-refractivity contribution >= 4 is 17.0 Å². The lowest BCUT2D eigenvalue weighted by molar-refractivity contribution is 0.100. The molecule has 4 heteroatoms. The van der Waals surface area contributed by atoms with Gasteiger partial charge in [0, 0.05) is 11.6 Å². The summed E-state index contributed by atoms with van der Waals surface area (Å²) in [5.41, 5.74) is -0.688. The van der Waals surface area contributed by atoms with Crippen LogP contribution in [0.15, 0.2) is 0 Å². The lowest BCUT2D eigenvalue weighted by Crippen LogP contribution is -2.32. The van der Waals surface area contributed by atoms with Crippen LogP contribution in [0.4, 0.5) is 4.79 Å². The van der Waals surface area contributed by atoms with Gasteiger partial charge in [0.2, 0.25) is 0 Å². The van der Waals surface area contributed by atoms with Crippen LogP contribution in [-0.2, 0) is 4.74 Å². The predicted octanol–water partition coefficient (Wildman–Crippen LogP) is 1.11. The number of hydrogen-bond acceptors (Lipinski definition) is 3. The topological polar surface area (TPSA) is 38.3 Å². The van der Waals surface area contributed by atoms with Crippen molar-refractivity contribution in [2.24, 2.45) is 0 Å². The van der Waals surface area contributed by atoms with E-state index < -0.39 is 5.43 Å².